The molecule has 2 heterocycles. The summed E-state index contributed by atoms with van der Waals surface area (Å²) in [5.74, 6) is -6.05. The van der Waals surface area contributed by atoms with Gasteiger partial charge in [0.05, 0.1) is 12.0 Å². The molecule has 5 aromatic rings. The van der Waals surface area contributed by atoms with Gasteiger partial charge in [0.2, 0.25) is 0 Å². The van der Waals surface area contributed by atoms with Crippen molar-refractivity contribution in [3.8, 4) is 22.3 Å². The zero-order valence-corrected chi connectivity index (χ0v) is 52.2. The number of cyclic esters (lactones) is 4. The Morgan fingerprint density at radius 1 is 0.530 bits per heavy atom. The normalized spacial score (nSPS) is 17.4. The lowest BCUT2D eigenvalue weighted by molar-refractivity contribution is -0.252. The molecule has 2 saturated heterocycles. The number of carbonyl (C=O) groups excluding carboxylic acids is 4. The standard InChI is InChI=1S/C24H28BClO5.C21H26BClO4.C18H24BBrO5/c1-23(2)30-21(27)24(3,22(28)31-23)14-17(15-25(4)29)13-16-9-11-18(12-10-16)19-7-5-6-8-20(19)26;1-21(14-24,20(25)26)12-16(13-22(2)27)11-15-7-9-17(10-8-15)18-5-3-4-6-19(18)23;1-17(2)24-15(21)18(3,16(22)25-17)10-13(11-19(4)23)9-12-5-7-14(20)8-6-12/h5-12,17,29H,13-15H2,1-4H3;3-10,16,24,27H,11-14H2,1-2H3,(H,25,26);5-8,13,23H,9-11H2,1-4H3/t17-;16-,21+;13-/m111/s1. The predicted octanol–water partition coefficient (Wildman–Crippen LogP) is 12.7. The summed E-state index contributed by atoms with van der Waals surface area (Å²) in [4.78, 5) is 61.8. The number of aliphatic hydroxyl groups excluding tert-OH is 1. The number of hydrogen-bond acceptors (Lipinski definition) is 13. The van der Waals surface area contributed by atoms with Gasteiger partial charge in [-0.25, -0.2) is 0 Å². The molecule has 0 saturated carbocycles. The lowest BCUT2D eigenvalue weighted by Gasteiger charge is -2.39. The fourth-order valence-corrected chi connectivity index (χ4v) is 11.5. The molecule has 14 nitrogen and oxygen atoms in total. The Labute approximate surface area is 508 Å². The second-order valence-corrected chi connectivity index (χ2v) is 25.8. The molecule has 5 N–H and O–H groups in total. The van der Waals surface area contributed by atoms with Crippen LogP contribution in [0, 0.1) is 34.0 Å². The predicted molar refractivity (Wildman–Crippen MR) is 331 cm³/mol. The van der Waals surface area contributed by atoms with E-state index in [9.17, 15) is 49.3 Å². The largest absolute Gasteiger partial charge is 0.481 e. The average Bonchev–Trinajstić information content (AvgIpc) is 3.28. The molecule has 0 aliphatic carbocycles. The molecule has 0 radical (unpaired) electrons. The molecule has 0 unspecified atom stereocenters. The maximum Gasteiger partial charge on any atom is 0.326 e. The van der Waals surface area contributed by atoms with Crippen molar-refractivity contribution in [3.63, 3.8) is 0 Å². The van der Waals surface area contributed by atoms with Crippen molar-refractivity contribution in [1.82, 2.24) is 0 Å². The Morgan fingerprint density at radius 3 is 1.13 bits per heavy atom. The van der Waals surface area contributed by atoms with Crippen molar-refractivity contribution in [1.29, 1.82) is 0 Å². The van der Waals surface area contributed by atoms with Crippen LogP contribution in [-0.2, 0) is 62.2 Å². The number of esters is 4. The van der Waals surface area contributed by atoms with Gasteiger partial charge in [0.15, 0.2) is 10.8 Å². The minimum absolute atomic E-state index is 0.0515. The van der Waals surface area contributed by atoms with E-state index in [1.165, 1.54) is 27.7 Å². The molecule has 5 aromatic carbocycles. The number of aliphatic hydroxyl groups is 1. The van der Waals surface area contributed by atoms with E-state index >= 15 is 0 Å². The van der Waals surface area contributed by atoms with E-state index in [-0.39, 0.29) is 30.6 Å². The minimum atomic E-state index is -1.40. The lowest BCUT2D eigenvalue weighted by Crippen LogP contribution is -2.53. The van der Waals surface area contributed by atoms with Crippen LogP contribution >= 0.6 is 39.1 Å². The fourth-order valence-electron chi connectivity index (χ4n) is 10.7. The van der Waals surface area contributed by atoms with Crippen molar-refractivity contribution in [2.75, 3.05) is 6.61 Å². The van der Waals surface area contributed by atoms with Gasteiger partial charge in [-0.3, -0.25) is 24.0 Å². The van der Waals surface area contributed by atoms with Crippen LogP contribution in [0.25, 0.3) is 22.3 Å². The van der Waals surface area contributed by atoms with Gasteiger partial charge in [0, 0.05) is 53.3 Å². The Morgan fingerprint density at radius 2 is 0.831 bits per heavy atom. The van der Waals surface area contributed by atoms with Crippen molar-refractivity contribution in [2.45, 2.75) is 138 Å². The number of aliphatic carboxylic acids is 1. The fraction of sp³-hybridized carbons (Fsp3) is 0.444. The summed E-state index contributed by atoms with van der Waals surface area (Å²) in [6.07, 6.45) is 4.10. The Kier molecular flexibility index (Phi) is 24.3. The highest BCUT2D eigenvalue weighted by molar-refractivity contribution is 9.10. The number of ether oxygens (including phenoxy) is 4. The van der Waals surface area contributed by atoms with Gasteiger partial charge in [0.25, 0.3) is 32.3 Å². The summed E-state index contributed by atoms with van der Waals surface area (Å²) in [6, 6.07) is 39.2. The smallest absolute Gasteiger partial charge is 0.326 e. The maximum absolute atomic E-state index is 12.7. The van der Waals surface area contributed by atoms with Gasteiger partial charge in [0.1, 0.15) is 0 Å². The highest BCUT2D eigenvalue weighted by Crippen LogP contribution is 2.42. The van der Waals surface area contributed by atoms with E-state index in [0.29, 0.717) is 54.7 Å². The molecule has 2 aliphatic rings. The van der Waals surface area contributed by atoms with Crippen LogP contribution in [-0.4, -0.2) is 94.1 Å². The third kappa shape index (κ3) is 19.8. The minimum Gasteiger partial charge on any atom is -0.481 e. The molecule has 2 aliphatic heterocycles. The van der Waals surface area contributed by atoms with Crippen molar-refractivity contribution in [2.24, 2.45) is 34.0 Å². The van der Waals surface area contributed by atoms with Crippen molar-refractivity contribution >= 4 is 89.7 Å². The van der Waals surface area contributed by atoms with Gasteiger partial charge in [-0.15, -0.1) is 0 Å². The van der Waals surface area contributed by atoms with Gasteiger partial charge in [-0.1, -0.05) is 157 Å². The second-order valence-electron chi connectivity index (χ2n) is 24.1. The molecular formula is C63H78B3BrCl2O14. The summed E-state index contributed by atoms with van der Waals surface area (Å²) in [5.41, 5.74) is 3.16. The molecule has 83 heavy (non-hydrogen) atoms. The Hall–Kier alpha value is -5.46. The molecule has 0 bridgehead atoms. The number of carboxylic acid groups (broad SMARTS) is 1. The zero-order chi connectivity index (χ0) is 61.7. The first-order valence-electron chi connectivity index (χ1n) is 28.0. The molecular weight excluding hydrogens is 1160 g/mol. The van der Waals surface area contributed by atoms with Gasteiger partial charge >= 0.3 is 29.8 Å². The van der Waals surface area contributed by atoms with Crippen molar-refractivity contribution in [3.05, 3.63) is 153 Å². The van der Waals surface area contributed by atoms with Gasteiger partial charge in [-0.05, 0) is 148 Å². The summed E-state index contributed by atoms with van der Waals surface area (Å²) < 4.78 is 22.2. The van der Waals surface area contributed by atoms with Crippen LogP contribution in [0.5, 0.6) is 0 Å². The summed E-state index contributed by atoms with van der Waals surface area (Å²) in [5, 5.41) is 50.0. The topological polar surface area (TPSA) is 223 Å². The van der Waals surface area contributed by atoms with Gasteiger partial charge < -0.3 is 44.2 Å². The first-order valence-corrected chi connectivity index (χ1v) is 29.6. The molecule has 0 spiro atoms. The Bertz CT molecular complexity index is 2950. The van der Waals surface area contributed by atoms with Crippen LogP contribution < -0.4 is 0 Å². The number of halogens is 3. The molecule has 0 aromatic heterocycles. The quantitative estimate of drug-likeness (QED) is 0.0247. The van der Waals surface area contributed by atoms with Crippen LogP contribution in [0.15, 0.2) is 126 Å². The van der Waals surface area contributed by atoms with Crippen molar-refractivity contribution < 1.29 is 68.2 Å². The third-order valence-corrected chi connectivity index (χ3v) is 16.1. The maximum atomic E-state index is 12.7. The van der Waals surface area contributed by atoms with Gasteiger partial charge in [-0.2, -0.15) is 0 Å². The van der Waals surface area contributed by atoms with E-state index in [1.54, 1.807) is 41.2 Å². The Balaban J connectivity index is 0.000000230. The summed E-state index contributed by atoms with van der Waals surface area (Å²) in [6.45, 7) is 13.9. The number of carboxylic acids is 1. The van der Waals surface area contributed by atoms with Crippen LogP contribution in [0.2, 0.25) is 49.5 Å². The first-order chi connectivity index (χ1) is 38.8. The van der Waals surface area contributed by atoms with E-state index in [4.69, 9.17) is 42.1 Å². The van der Waals surface area contributed by atoms with E-state index in [2.05, 4.69) is 15.9 Å². The molecule has 20 heteroatoms. The molecule has 2 fully saturated rings. The van der Waals surface area contributed by atoms with Crippen LogP contribution in [0.4, 0.5) is 0 Å². The zero-order valence-electron chi connectivity index (χ0n) is 49.1. The van der Waals surface area contributed by atoms with E-state index in [1.807, 2.05) is 121 Å². The molecule has 0 amide bonds. The molecule has 444 valence electrons. The molecule has 4 atom stereocenters. The summed E-state index contributed by atoms with van der Waals surface area (Å²) >= 11 is 16.0. The number of hydrogen-bond donors (Lipinski definition) is 5. The number of rotatable bonds is 22. The third-order valence-electron chi connectivity index (χ3n) is 14.9. The van der Waals surface area contributed by atoms with E-state index in [0.717, 1.165) is 43.4 Å². The first kappa shape index (κ1) is 68.3. The number of benzene rings is 5. The monoisotopic (exact) mass is 1240 g/mol. The SMILES string of the molecule is CB(O)C[C@H](Cc1ccc(-c2ccccc2Cl)cc1)CC1(C)C(=O)OC(C)(C)OC1=O.CB(O)C[C@H](Cc1ccc(-c2ccccc2Cl)cc1)C[C@@](C)(CO)C(=O)O.CB(O)C[C@H](Cc1ccc(Br)cc1)CC1(C)C(=O)OC(C)(C)OC1=O. The van der Waals surface area contributed by atoms with Crippen LogP contribution in [0.3, 0.4) is 0 Å². The summed E-state index contributed by atoms with van der Waals surface area (Å²) in [7, 11) is 0. The highest BCUT2D eigenvalue weighted by atomic mass is 79.9. The highest BCUT2D eigenvalue weighted by Gasteiger charge is 2.55. The number of carbonyl (C=O) groups is 5. The van der Waals surface area contributed by atoms with Crippen LogP contribution in [0.1, 0.15) is 84.4 Å². The van der Waals surface area contributed by atoms with E-state index < -0.39 is 85.0 Å². The average molecular weight is 1240 g/mol. The second kappa shape index (κ2) is 29.6. The lowest BCUT2D eigenvalue weighted by atomic mass is 9.60. The molecule has 7 rings (SSSR count).